The summed E-state index contributed by atoms with van der Waals surface area (Å²) in [6.45, 7) is 3.93. The van der Waals surface area contributed by atoms with Crippen molar-refractivity contribution >= 4 is 11.7 Å². The van der Waals surface area contributed by atoms with Crippen molar-refractivity contribution in [2.24, 2.45) is 5.73 Å². The lowest BCUT2D eigenvalue weighted by Crippen LogP contribution is -2.41. The molecule has 0 fully saturated rings. The van der Waals surface area contributed by atoms with Gasteiger partial charge in [-0.25, -0.2) is 4.98 Å². The number of fused-ring (bicyclic) bond motifs is 1. The van der Waals surface area contributed by atoms with E-state index in [9.17, 15) is 4.79 Å². The summed E-state index contributed by atoms with van der Waals surface area (Å²) < 4.78 is 0. The number of rotatable bonds is 0. The van der Waals surface area contributed by atoms with E-state index in [0.717, 1.165) is 16.8 Å². The molecule has 4 nitrogen and oxygen atoms in total. The van der Waals surface area contributed by atoms with Gasteiger partial charge in [0.05, 0.1) is 6.04 Å². The normalized spacial score (nSPS) is 20.2. The average molecular weight is 191 g/mol. The molecule has 3 N–H and O–H groups in total. The first-order chi connectivity index (χ1) is 6.58. The Labute approximate surface area is 82.5 Å². The summed E-state index contributed by atoms with van der Waals surface area (Å²) in [5.74, 6) is 0.521. The van der Waals surface area contributed by atoms with Crippen LogP contribution in [0.4, 0.5) is 5.82 Å². The van der Waals surface area contributed by atoms with Gasteiger partial charge in [0.2, 0.25) is 5.91 Å². The number of amides is 1. The molecule has 14 heavy (non-hydrogen) atoms. The molecular weight excluding hydrogens is 178 g/mol. The van der Waals surface area contributed by atoms with E-state index in [1.807, 2.05) is 19.9 Å². The van der Waals surface area contributed by atoms with E-state index in [-0.39, 0.29) is 5.91 Å². The molecule has 0 radical (unpaired) electrons. The fraction of sp³-hybridized carbons (Fsp3) is 0.400. The molecule has 0 saturated carbocycles. The van der Waals surface area contributed by atoms with Crippen LogP contribution in [0.2, 0.25) is 0 Å². The summed E-state index contributed by atoms with van der Waals surface area (Å²) in [5.41, 5.74) is 8.74. The highest BCUT2D eigenvalue weighted by atomic mass is 16.2. The minimum atomic E-state index is -0.439. The van der Waals surface area contributed by atoms with Crippen molar-refractivity contribution in [1.29, 1.82) is 0 Å². The highest BCUT2D eigenvalue weighted by Gasteiger charge is 2.23. The van der Waals surface area contributed by atoms with E-state index in [0.29, 0.717) is 12.2 Å². The molecule has 1 atom stereocenters. The zero-order valence-electron chi connectivity index (χ0n) is 8.29. The zero-order chi connectivity index (χ0) is 10.3. The molecule has 74 valence electrons. The Morgan fingerprint density at radius 2 is 2.29 bits per heavy atom. The van der Waals surface area contributed by atoms with Crippen LogP contribution in [0.25, 0.3) is 0 Å². The number of nitrogens with zero attached hydrogens (tertiary/aromatic N) is 1. The molecular formula is C10H13N3O. The minimum Gasteiger partial charge on any atom is -0.320 e. The predicted octanol–water partition coefficient (Wildman–Crippen LogP) is 0.520. The van der Waals surface area contributed by atoms with E-state index >= 15 is 0 Å². The van der Waals surface area contributed by atoms with Crippen LogP contribution in [0.5, 0.6) is 0 Å². The molecule has 4 heteroatoms. The van der Waals surface area contributed by atoms with Crippen LogP contribution in [-0.2, 0) is 11.2 Å². The Bertz CT molecular complexity index is 401. The molecule has 1 aliphatic rings. The van der Waals surface area contributed by atoms with Crippen LogP contribution < -0.4 is 11.1 Å². The number of hydrogen-bond donors (Lipinski definition) is 2. The summed E-state index contributed by atoms with van der Waals surface area (Å²) in [4.78, 5) is 15.6. The second-order valence-corrected chi connectivity index (χ2v) is 3.70. The number of carbonyl (C=O) groups is 1. The van der Waals surface area contributed by atoms with Crippen LogP contribution in [-0.4, -0.2) is 16.9 Å². The highest BCUT2D eigenvalue weighted by molar-refractivity contribution is 5.96. The largest absolute Gasteiger partial charge is 0.320 e. The number of aryl methyl sites for hydroxylation is 2. The lowest BCUT2D eigenvalue weighted by molar-refractivity contribution is -0.117. The third kappa shape index (κ3) is 1.37. The van der Waals surface area contributed by atoms with E-state index in [1.165, 1.54) is 0 Å². The van der Waals surface area contributed by atoms with E-state index in [2.05, 4.69) is 10.3 Å². The standard InChI is InChI=1S/C10H13N3O/c1-5-3-7-4-8(11)10(14)13-9(7)12-6(5)2/h3,8H,4,11H2,1-2H3,(H,12,13,14)/t8-/m1/s1. The smallest absolute Gasteiger partial charge is 0.242 e. The fourth-order valence-corrected chi connectivity index (χ4v) is 1.56. The second-order valence-electron chi connectivity index (χ2n) is 3.70. The van der Waals surface area contributed by atoms with Crippen LogP contribution >= 0.6 is 0 Å². The summed E-state index contributed by atoms with van der Waals surface area (Å²) in [7, 11) is 0. The Balaban J connectivity index is 2.47. The van der Waals surface area contributed by atoms with Crippen LogP contribution in [0.1, 0.15) is 16.8 Å². The summed E-state index contributed by atoms with van der Waals surface area (Å²) >= 11 is 0. The lowest BCUT2D eigenvalue weighted by atomic mass is 10.0. The van der Waals surface area contributed by atoms with Gasteiger partial charge in [-0.1, -0.05) is 6.07 Å². The van der Waals surface area contributed by atoms with Gasteiger partial charge in [-0.2, -0.15) is 0 Å². The number of pyridine rings is 1. The number of nitrogens with two attached hydrogens (primary N) is 1. The second kappa shape index (κ2) is 3.06. The van der Waals surface area contributed by atoms with E-state index in [4.69, 9.17) is 5.73 Å². The van der Waals surface area contributed by atoms with Gasteiger partial charge in [0, 0.05) is 12.1 Å². The summed E-state index contributed by atoms with van der Waals surface area (Å²) in [5, 5.41) is 2.70. The maximum atomic E-state index is 11.3. The van der Waals surface area contributed by atoms with Gasteiger partial charge in [-0.3, -0.25) is 4.79 Å². The SMILES string of the molecule is Cc1cc2c(nc1C)NC(=O)[C@H](N)C2. The molecule has 1 aromatic rings. The minimum absolute atomic E-state index is 0.145. The summed E-state index contributed by atoms with van der Waals surface area (Å²) in [6.07, 6.45) is 0.579. The van der Waals surface area contributed by atoms with Gasteiger partial charge in [-0.15, -0.1) is 0 Å². The lowest BCUT2D eigenvalue weighted by Gasteiger charge is -2.21. The molecule has 0 aromatic carbocycles. The number of anilines is 1. The van der Waals surface area contributed by atoms with Crippen molar-refractivity contribution in [3.63, 3.8) is 0 Å². The zero-order valence-corrected chi connectivity index (χ0v) is 8.29. The van der Waals surface area contributed by atoms with Gasteiger partial charge >= 0.3 is 0 Å². The molecule has 1 aromatic heterocycles. The van der Waals surface area contributed by atoms with Crippen LogP contribution in [0.3, 0.4) is 0 Å². The van der Waals surface area contributed by atoms with Crippen molar-refractivity contribution < 1.29 is 4.79 Å². The first kappa shape index (κ1) is 9.15. The third-order valence-electron chi connectivity index (χ3n) is 2.56. The van der Waals surface area contributed by atoms with Gasteiger partial charge in [0.25, 0.3) is 0 Å². The van der Waals surface area contributed by atoms with Crippen molar-refractivity contribution in [1.82, 2.24) is 4.98 Å². The molecule has 0 unspecified atom stereocenters. The Kier molecular flexibility index (Phi) is 2.00. The third-order valence-corrected chi connectivity index (χ3v) is 2.56. The molecule has 2 heterocycles. The number of carbonyl (C=O) groups excluding carboxylic acids is 1. The Morgan fingerprint density at radius 1 is 1.57 bits per heavy atom. The van der Waals surface area contributed by atoms with Gasteiger partial charge in [0.15, 0.2) is 0 Å². The molecule has 1 amide bonds. The highest BCUT2D eigenvalue weighted by Crippen LogP contribution is 2.21. The predicted molar refractivity (Wildman–Crippen MR) is 54.0 cm³/mol. The van der Waals surface area contributed by atoms with Gasteiger partial charge < -0.3 is 11.1 Å². The first-order valence-corrected chi connectivity index (χ1v) is 4.61. The topological polar surface area (TPSA) is 68.0 Å². The molecule has 0 saturated heterocycles. The van der Waals surface area contributed by atoms with E-state index in [1.54, 1.807) is 0 Å². The molecule has 0 bridgehead atoms. The van der Waals surface area contributed by atoms with Gasteiger partial charge in [-0.05, 0) is 25.0 Å². The van der Waals surface area contributed by atoms with E-state index < -0.39 is 6.04 Å². The maximum absolute atomic E-state index is 11.3. The fourth-order valence-electron chi connectivity index (χ4n) is 1.56. The van der Waals surface area contributed by atoms with Crippen molar-refractivity contribution in [2.45, 2.75) is 26.3 Å². The molecule has 2 rings (SSSR count). The maximum Gasteiger partial charge on any atom is 0.242 e. The quantitative estimate of drug-likeness (QED) is 0.628. The first-order valence-electron chi connectivity index (χ1n) is 4.61. The monoisotopic (exact) mass is 191 g/mol. The average Bonchev–Trinajstić information content (AvgIpc) is 2.11. The molecule has 0 spiro atoms. The Hall–Kier alpha value is -1.42. The number of hydrogen-bond acceptors (Lipinski definition) is 3. The molecule has 0 aliphatic carbocycles. The number of aromatic nitrogens is 1. The van der Waals surface area contributed by atoms with Gasteiger partial charge in [0.1, 0.15) is 5.82 Å². The molecule has 1 aliphatic heterocycles. The number of nitrogens with one attached hydrogen (secondary N) is 1. The van der Waals surface area contributed by atoms with Crippen molar-refractivity contribution in [2.75, 3.05) is 5.32 Å². The Morgan fingerprint density at radius 3 is 3.00 bits per heavy atom. The summed E-state index contributed by atoms with van der Waals surface area (Å²) in [6, 6.07) is 1.60. The van der Waals surface area contributed by atoms with Crippen LogP contribution in [0, 0.1) is 13.8 Å². The van der Waals surface area contributed by atoms with Crippen molar-refractivity contribution in [3.8, 4) is 0 Å². The van der Waals surface area contributed by atoms with Crippen LogP contribution in [0.15, 0.2) is 6.07 Å². The van der Waals surface area contributed by atoms with Crippen molar-refractivity contribution in [3.05, 3.63) is 22.9 Å².